The molecule has 0 aromatic heterocycles. The molecule has 312 valence electrons. The first-order valence-corrected chi connectivity index (χ1v) is 25.1. The fourth-order valence-corrected chi connectivity index (χ4v) is 8.81. The maximum atomic E-state index is 12.3. The van der Waals surface area contributed by atoms with E-state index in [1.54, 1.807) is 0 Å². The van der Waals surface area contributed by atoms with Crippen molar-refractivity contribution in [3.8, 4) is 0 Å². The molecule has 1 rings (SSSR count). The first-order chi connectivity index (χ1) is 25.8. The predicted octanol–water partition coefficient (Wildman–Crippen LogP) is 13.0. The van der Waals surface area contributed by atoms with Gasteiger partial charge in [0.25, 0.3) is 0 Å². The van der Waals surface area contributed by atoms with Crippen LogP contribution in [0.3, 0.4) is 0 Å². The van der Waals surface area contributed by atoms with Crippen LogP contribution in [0.4, 0.5) is 0 Å². The highest BCUT2D eigenvalue weighted by atomic mass is 127. The number of piperazine rings is 1. The summed E-state index contributed by atoms with van der Waals surface area (Å²) in [5.74, 6) is -0.0799. The molecule has 0 N–H and O–H groups in total. The summed E-state index contributed by atoms with van der Waals surface area (Å²) < 4.78 is 13.7. The molecular weight excluding hydrogens is 886 g/mol. The Morgan fingerprint density at radius 3 is 1.45 bits per heavy atom. The van der Waals surface area contributed by atoms with E-state index in [4.69, 9.17) is 9.47 Å². The molecule has 1 saturated heterocycles. The van der Waals surface area contributed by atoms with Gasteiger partial charge in [0.05, 0.1) is 20.1 Å². The van der Waals surface area contributed by atoms with E-state index < -0.39 is 0 Å². The minimum Gasteiger partial charge on any atom is -0.464 e. The Labute approximate surface area is 356 Å². The smallest absolute Gasteiger partial charge is 0.305 e. The van der Waals surface area contributed by atoms with E-state index in [0.29, 0.717) is 26.1 Å². The van der Waals surface area contributed by atoms with Gasteiger partial charge in [0, 0.05) is 40.3 Å². The zero-order valence-electron chi connectivity index (χ0n) is 35.0. The maximum absolute atomic E-state index is 12.3. The lowest BCUT2D eigenvalue weighted by molar-refractivity contribution is -0.913. The van der Waals surface area contributed by atoms with Crippen LogP contribution in [0, 0.1) is 0 Å². The lowest BCUT2D eigenvalue weighted by Crippen LogP contribution is -2.58. The van der Waals surface area contributed by atoms with E-state index in [2.05, 4.69) is 83.1 Å². The van der Waals surface area contributed by atoms with Crippen LogP contribution in [0.5, 0.6) is 0 Å². The highest BCUT2D eigenvalue weighted by Crippen LogP contribution is 2.26. The van der Waals surface area contributed by atoms with Crippen molar-refractivity contribution in [1.82, 2.24) is 4.90 Å². The van der Waals surface area contributed by atoms with E-state index in [9.17, 15) is 9.59 Å². The molecule has 0 saturated carbocycles. The normalized spacial score (nSPS) is 15.9. The summed E-state index contributed by atoms with van der Waals surface area (Å²) in [5, 5.41) is 0. The third kappa shape index (κ3) is 31.8. The van der Waals surface area contributed by atoms with Crippen LogP contribution >= 0.6 is 45.2 Å². The van der Waals surface area contributed by atoms with Crippen LogP contribution in [0.2, 0.25) is 0 Å². The average Bonchev–Trinajstić information content (AvgIpc) is 3.14. The molecule has 2 unspecified atom stereocenters. The minimum absolute atomic E-state index is 0.0337. The van der Waals surface area contributed by atoms with Crippen molar-refractivity contribution in [3.63, 3.8) is 0 Å². The van der Waals surface area contributed by atoms with E-state index in [-0.39, 0.29) is 11.9 Å². The Morgan fingerprint density at radius 2 is 0.981 bits per heavy atom. The van der Waals surface area contributed by atoms with Crippen molar-refractivity contribution in [2.24, 2.45) is 0 Å². The fraction of sp³-hybridized carbons (Fsp3) is 0.911. The summed E-state index contributed by atoms with van der Waals surface area (Å²) in [4.78, 5) is 27.0. The summed E-state index contributed by atoms with van der Waals surface area (Å²) in [6.45, 7) is 11.3. The lowest BCUT2D eigenvalue weighted by atomic mass is 10.0. The van der Waals surface area contributed by atoms with Crippen LogP contribution in [0.25, 0.3) is 0 Å². The van der Waals surface area contributed by atoms with Gasteiger partial charge in [0.2, 0.25) is 0 Å². The molecule has 1 fully saturated rings. The number of hydrogen-bond donors (Lipinski definition) is 0. The van der Waals surface area contributed by atoms with Gasteiger partial charge in [0.1, 0.15) is 19.8 Å². The Kier molecular flexibility index (Phi) is 35.1. The van der Waals surface area contributed by atoms with Gasteiger partial charge in [-0.25, -0.2) is 0 Å². The number of likely N-dealkylation sites (N-methyl/N-ethyl adjacent to an activating group) is 1. The first-order valence-electron chi connectivity index (χ1n) is 22.6. The first kappa shape index (κ1) is 51.1. The van der Waals surface area contributed by atoms with Gasteiger partial charge in [-0.3, -0.25) is 14.5 Å². The number of allylic oxidation sites excluding steroid dienone is 2. The molecule has 0 amide bonds. The van der Waals surface area contributed by atoms with Gasteiger partial charge in [-0.2, -0.15) is 0 Å². The van der Waals surface area contributed by atoms with Crippen molar-refractivity contribution in [3.05, 3.63) is 12.2 Å². The third-order valence-electron chi connectivity index (χ3n) is 11.2. The van der Waals surface area contributed by atoms with Crippen LogP contribution in [0.1, 0.15) is 194 Å². The second-order valence-corrected chi connectivity index (χ2v) is 19.5. The average molecular weight is 972 g/mol. The molecular formula is C45H85I2N2O4+. The Hall–Kier alpha value is 0.0600. The van der Waals surface area contributed by atoms with Gasteiger partial charge in [0.15, 0.2) is 0 Å². The second kappa shape index (κ2) is 36.4. The summed E-state index contributed by atoms with van der Waals surface area (Å²) in [6, 6.07) is 0. The number of esters is 2. The minimum atomic E-state index is -0.0462. The van der Waals surface area contributed by atoms with Crippen LogP contribution in [-0.4, -0.2) is 88.7 Å². The van der Waals surface area contributed by atoms with Gasteiger partial charge in [-0.1, -0.05) is 187 Å². The molecule has 1 aliphatic heterocycles. The highest BCUT2D eigenvalue weighted by molar-refractivity contribution is 14.1. The number of hydrogen-bond acceptors (Lipinski definition) is 5. The standard InChI is InChI=1S/C45H85I2N2O4/c1-4-6-8-10-12-13-14-15-16-17-18-19-20-24-28-32-44(50)52-40-36-48-34-37-49(3,38-35-48)39-41-53-45(51)33-29-25-21-23-27-31-43(47)42(46)30-26-22-11-9-7-5-2/h15-16,42-43H,4-14,17-41H2,1-3H3/q+1. The summed E-state index contributed by atoms with van der Waals surface area (Å²) in [6.07, 6.45) is 39.2. The molecule has 1 aliphatic rings. The number of nitrogens with zero attached hydrogens (tertiary/aromatic N) is 2. The lowest BCUT2D eigenvalue weighted by Gasteiger charge is -2.41. The van der Waals surface area contributed by atoms with Crippen LogP contribution < -0.4 is 0 Å². The molecule has 0 aliphatic carbocycles. The number of alkyl halides is 2. The second-order valence-electron chi connectivity index (χ2n) is 16.3. The van der Waals surface area contributed by atoms with Crippen molar-refractivity contribution >= 4 is 57.1 Å². The van der Waals surface area contributed by atoms with Crippen molar-refractivity contribution in [2.75, 3.05) is 59.5 Å². The number of carbonyl (C=O) groups is 2. The van der Waals surface area contributed by atoms with Crippen molar-refractivity contribution < 1.29 is 23.5 Å². The van der Waals surface area contributed by atoms with Crippen molar-refractivity contribution in [2.45, 2.75) is 201 Å². The Morgan fingerprint density at radius 1 is 0.585 bits per heavy atom. The van der Waals surface area contributed by atoms with Gasteiger partial charge < -0.3 is 14.0 Å². The topological polar surface area (TPSA) is 55.8 Å². The highest BCUT2D eigenvalue weighted by Gasteiger charge is 2.28. The number of carbonyl (C=O) groups excluding carboxylic acids is 2. The molecule has 1 heterocycles. The molecule has 8 heteroatoms. The SMILES string of the molecule is CCCCCCCCC=CCCCCCCCC(=O)OCCN1CC[N+](C)(CCOC(=O)CCCCCCCC(I)C(I)CCCCCCCC)CC1. The Bertz CT molecular complexity index is 881. The monoisotopic (exact) mass is 971 g/mol. The molecule has 0 aromatic carbocycles. The van der Waals surface area contributed by atoms with E-state index in [1.807, 2.05) is 0 Å². The van der Waals surface area contributed by atoms with E-state index in [0.717, 1.165) is 77.3 Å². The number of unbranched alkanes of at least 4 members (excludes halogenated alkanes) is 20. The van der Waals surface area contributed by atoms with E-state index in [1.165, 1.54) is 141 Å². The van der Waals surface area contributed by atoms with Gasteiger partial charge in [-0.15, -0.1) is 0 Å². The third-order valence-corrected chi connectivity index (χ3v) is 15.6. The summed E-state index contributed by atoms with van der Waals surface area (Å²) >= 11 is 5.36. The van der Waals surface area contributed by atoms with Gasteiger partial charge in [-0.05, 0) is 51.4 Å². The van der Waals surface area contributed by atoms with Crippen LogP contribution in [0.15, 0.2) is 12.2 Å². The largest absolute Gasteiger partial charge is 0.464 e. The summed E-state index contributed by atoms with van der Waals surface area (Å²) in [7, 11) is 2.27. The number of rotatable bonds is 37. The van der Waals surface area contributed by atoms with Crippen LogP contribution in [-0.2, 0) is 19.1 Å². The maximum Gasteiger partial charge on any atom is 0.305 e. The zero-order chi connectivity index (χ0) is 38.7. The van der Waals surface area contributed by atoms with Crippen molar-refractivity contribution in [1.29, 1.82) is 0 Å². The van der Waals surface area contributed by atoms with Gasteiger partial charge >= 0.3 is 11.9 Å². The predicted molar refractivity (Wildman–Crippen MR) is 245 cm³/mol. The summed E-state index contributed by atoms with van der Waals surface area (Å²) in [5.41, 5.74) is 0. The molecule has 6 nitrogen and oxygen atoms in total. The Balaban J connectivity index is 1.93. The molecule has 0 spiro atoms. The number of ether oxygens (including phenoxy) is 2. The molecule has 0 radical (unpaired) electrons. The molecule has 53 heavy (non-hydrogen) atoms. The molecule has 0 bridgehead atoms. The number of quaternary nitrogens is 1. The fourth-order valence-electron chi connectivity index (χ4n) is 7.21. The molecule has 2 atom stereocenters. The number of halogens is 2. The van der Waals surface area contributed by atoms with E-state index >= 15 is 0 Å². The zero-order valence-corrected chi connectivity index (χ0v) is 39.4. The molecule has 0 aromatic rings. The quantitative estimate of drug-likeness (QED) is 0.0155.